The average Bonchev–Trinajstić information content (AvgIpc) is 3.33. The fourth-order valence-corrected chi connectivity index (χ4v) is 4.58. The number of thioether (sulfide) groups is 1. The smallest absolute Gasteiger partial charge is 0.326 e. The Kier molecular flexibility index (Phi) is 13.4. The van der Waals surface area contributed by atoms with Crippen molar-refractivity contribution in [2.75, 3.05) is 18.6 Å². The van der Waals surface area contributed by atoms with E-state index in [1.165, 1.54) is 11.8 Å². The summed E-state index contributed by atoms with van der Waals surface area (Å²) in [5, 5.41) is 18.7. The van der Waals surface area contributed by atoms with E-state index in [9.17, 15) is 24.3 Å². The van der Waals surface area contributed by atoms with Crippen LogP contribution in [-0.2, 0) is 25.6 Å². The number of rotatable bonds is 17. The lowest BCUT2D eigenvalue weighted by atomic mass is 10.0. The number of aromatic nitrogens is 1. The van der Waals surface area contributed by atoms with E-state index >= 15 is 0 Å². The van der Waals surface area contributed by atoms with Gasteiger partial charge in [-0.25, -0.2) is 4.79 Å². The second-order valence-electron chi connectivity index (χ2n) is 10.1. The van der Waals surface area contributed by atoms with E-state index in [1.807, 2.05) is 30.5 Å². The number of nitrogens with zero attached hydrogens (tertiary/aromatic N) is 1. The van der Waals surface area contributed by atoms with Gasteiger partial charge in [-0.3, -0.25) is 19.4 Å². The Morgan fingerprint density at radius 2 is 1.59 bits per heavy atom. The van der Waals surface area contributed by atoms with Crippen LogP contribution < -0.4 is 33.2 Å². The number of H-pyrrole nitrogens is 1. The minimum absolute atomic E-state index is 0.0465. The standard InChI is InChI=1S/C27H42N8O5S/c1-15(2)22(28)25(38)34-19(9-6-11-31-27(29)30)23(36)33-20(10-12-41-3)24(37)35-21(26(39)40)13-16-14-32-18-8-5-4-7-17(16)18/h4-5,7-8,14-15,19-22,32H,6,9-13,28H2,1-3H3,(H,33,36)(H,34,38)(H,35,37)(H,39,40)(H4,29,30,31). The minimum Gasteiger partial charge on any atom is -0.480 e. The largest absolute Gasteiger partial charge is 0.480 e. The predicted octanol–water partition coefficient (Wildman–Crippen LogP) is 0.0394. The second-order valence-corrected chi connectivity index (χ2v) is 11.1. The Morgan fingerprint density at radius 1 is 0.976 bits per heavy atom. The molecule has 41 heavy (non-hydrogen) atoms. The number of guanidine groups is 1. The topological polar surface area (TPSA) is 231 Å². The zero-order chi connectivity index (χ0) is 30.5. The molecule has 226 valence electrons. The van der Waals surface area contributed by atoms with E-state index in [4.69, 9.17) is 17.2 Å². The molecule has 3 amide bonds. The maximum atomic E-state index is 13.3. The van der Waals surface area contributed by atoms with Crippen LogP contribution in [0.15, 0.2) is 35.5 Å². The van der Waals surface area contributed by atoms with Crippen LogP contribution in [0.1, 0.15) is 38.7 Å². The van der Waals surface area contributed by atoms with Crippen molar-refractivity contribution < 1.29 is 24.3 Å². The zero-order valence-electron chi connectivity index (χ0n) is 23.7. The number of amides is 3. The molecule has 1 aromatic carbocycles. The molecular weight excluding hydrogens is 548 g/mol. The zero-order valence-corrected chi connectivity index (χ0v) is 24.5. The molecule has 0 radical (unpaired) electrons. The highest BCUT2D eigenvalue weighted by Gasteiger charge is 2.31. The van der Waals surface area contributed by atoms with Crippen LogP contribution in [0.5, 0.6) is 0 Å². The molecule has 0 aliphatic heterocycles. The molecule has 4 atom stereocenters. The molecule has 1 aromatic heterocycles. The normalized spacial score (nSPS) is 14.1. The number of nitrogens with two attached hydrogens (primary N) is 3. The average molecular weight is 591 g/mol. The number of aliphatic carboxylic acids is 1. The monoisotopic (exact) mass is 590 g/mol. The molecule has 13 nitrogen and oxygen atoms in total. The van der Waals surface area contributed by atoms with Gasteiger partial charge in [0, 0.05) is 30.1 Å². The van der Waals surface area contributed by atoms with E-state index < -0.39 is 47.9 Å². The lowest BCUT2D eigenvalue weighted by molar-refractivity contribution is -0.142. The highest BCUT2D eigenvalue weighted by molar-refractivity contribution is 7.98. The molecule has 0 fully saturated rings. The maximum Gasteiger partial charge on any atom is 0.326 e. The molecule has 2 rings (SSSR count). The maximum absolute atomic E-state index is 13.3. The molecule has 0 spiro atoms. The number of carboxylic acid groups (broad SMARTS) is 1. The van der Waals surface area contributed by atoms with Crippen LogP contribution in [0.25, 0.3) is 10.9 Å². The van der Waals surface area contributed by atoms with Gasteiger partial charge in [-0.15, -0.1) is 0 Å². The van der Waals surface area contributed by atoms with Crippen LogP contribution in [0, 0.1) is 5.92 Å². The van der Waals surface area contributed by atoms with Crippen molar-refractivity contribution in [2.24, 2.45) is 28.1 Å². The van der Waals surface area contributed by atoms with Crippen molar-refractivity contribution >= 4 is 52.3 Å². The summed E-state index contributed by atoms with van der Waals surface area (Å²) in [6.45, 7) is 3.81. The molecular formula is C27H42N8O5S. The van der Waals surface area contributed by atoms with Crippen molar-refractivity contribution in [1.29, 1.82) is 0 Å². The minimum atomic E-state index is -1.23. The van der Waals surface area contributed by atoms with Gasteiger partial charge in [-0.2, -0.15) is 11.8 Å². The Bertz CT molecular complexity index is 1210. The Labute approximate surface area is 243 Å². The summed E-state index contributed by atoms with van der Waals surface area (Å²) in [4.78, 5) is 58.4. The Morgan fingerprint density at radius 3 is 2.20 bits per heavy atom. The molecule has 0 saturated carbocycles. The van der Waals surface area contributed by atoms with Crippen molar-refractivity contribution in [3.8, 4) is 0 Å². The van der Waals surface area contributed by atoms with E-state index in [0.29, 0.717) is 12.2 Å². The molecule has 11 N–H and O–H groups in total. The molecule has 0 aliphatic rings. The summed E-state index contributed by atoms with van der Waals surface area (Å²) in [7, 11) is 0. The number of para-hydroxylation sites is 1. The molecule has 0 aliphatic carbocycles. The molecule has 4 unspecified atom stereocenters. The molecule has 14 heteroatoms. The van der Waals surface area contributed by atoms with Gasteiger partial charge < -0.3 is 43.2 Å². The first-order valence-electron chi connectivity index (χ1n) is 13.4. The predicted molar refractivity (Wildman–Crippen MR) is 161 cm³/mol. The molecule has 1 heterocycles. The fourth-order valence-electron chi connectivity index (χ4n) is 4.11. The molecule has 0 bridgehead atoms. The first-order chi connectivity index (χ1) is 19.4. The van der Waals surface area contributed by atoms with Gasteiger partial charge in [0.05, 0.1) is 6.04 Å². The van der Waals surface area contributed by atoms with E-state index in [2.05, 4.69) is 25.9 Å². The third-order valence-corrected chi connectivity index (χ3v) is 7.20. The number of carbonyl (C=O) groups excluding carboxylic acids is 3. The van der Waals surface area contributed by atoms with Gasteiger partial charge in [0.15, 0.2) is 5.96 Å². The number of hydrogen-bond donors (Lipinski definition) is 8. The number of hydrogen-bond acceptors (Lipinski definition) is 7. The van der Waals surface area contributed by atoms with Gasteiger partial charge in [0.25, 0.3) is 0 Å². The lowest BCUT2D eigenvalue weighted by Crippen LogP contribution is -2.57. The summed E-state index contributed by atoms with van der Waals surface area (Å²) < 4.78 is 0. The van der Waals surface area contributed by atoms with Gasteiger partial charge >= 0.3 is 5.97 Å². The Hall–Kier alpha value is -3.78. The SMILES string of the molecule is CSCCC(NC(=O)C(CCCN=C(N)N)NC(=O)C(N)C(C)C)C(=O)NC(Cc1c[nH]c2ccccc12)C(=O)O. The number of fused-ring (bicyclic) bond motifs is 1. The lowest BCUT2D eigenvalue weighted by Gasteiger charge is -2.25. The summed E-state index contributed by atoms with van der Waals surface area (Å²) in [6.07, 6.45) is 4.43. The second kappa shape index (κ2) is 16.5. The molecule has 2 aromatic rings. The van der Waals surface area contributed by atoms with Gasteiger partial charge in [-0.1, -0.05) is 32.0 Å². The van der Waals surface area contributed by atoms with Crippen molar-refractivity contribution in [2.45, 2.75) is 63.7 Å². The number of carbonyl (C=O) groups is 4. The first-order valence-corrected chi connectivity index (χ1v) is 14.8. The van der Waals surface area contributed by atoms with Crippen LogP contribution >= 0.6 is 11.8 Å². The summed E-state index contributed by atoms with van der Waals surface area (Å²) in [6, 6.07) is 3.36. The quantitative estimate of drug-likeness (QED) is 0.0705. The third-order valence-electron chi connectivity index (χ3n) is 6.56. The van der Waals surface area contributed by atoms with E-state index in [1.54, 1.807) is 20.0 Å². The van der Waals surface area contributed by atoms with Crippen LogP contribution in [0.3, 0.4) is 0 Å². The number of aliphatic imine (C=N–C) groups is 1. The Balaban J connectivity index is 2.18. The summed E-state index contributed by atoms with van der Waals surface area (Å²) in [5.41, 5.74) is 18.3. The van der Waals surface area contributed by atoms with E-state index in [-0.39, 0.29) is 37.7 Å². The number of aromatic amines is 1. The van der Waals surface area contributed by atoms with Gasteiger partial charge in [-0.05, 0) is 48.8 Å². The van der Waals surface area contributed by atoms with Crippen LogP contribution in [0.2, 0.25) is 0 Å². The summed E-state index contributed by atoms with van der Waals surface area (Å²) >= 11 is 1.47. The fraction of sp³-hybridized carbons (Fsp3) is 0.519. The first kappa shape index (κ1) is 33.4. The highest BCUT2D eigenvalue weighted by Crippen LogP contribution is 2.19. The van der Waals surface area contributed by atoms with Crippen molar-refractivity contribution in [3.05, 3.63) is 36.0 Å². The van der Waals surface area contributed by atoms with Gasteiger partial charge in [0.1, 0.15) is 18.1 Å². The summed E-state index contributed by atoms with van der Waals surface area (Å²) in [5.74, 6) is -2.66. The van der Waals surface area contributed by atoms with Crippen molar-refractivity contribution in [1.82, 2.24) is 20.9 Å². The van der Waals surface area contributed by atoms with Gasteiger partial charge in [0.2, 0.25) is 17.7 Å². The van der Waals surface area contributed by atoms with Crippen LogP contribution in [-0.4, -0.2) is 82.5 Å². The number of carboxylic acids is 1. The third kappa shape index (κ3) is 10.6. The highest BCUT2D eigenvalue weighted by atomic mass is 32.2. The van der Waals surface area contributed by atoms with Crippen LogP contribution in [0.4, 0.5) is 0 Å². The van der Waals surface area contributed by atoms with E-state index in [0.717, 1.165) is 16.5 Å². The van der Waals surface area contributed by atoms with Crippen molar-refractivity contribution in [3.63, 3.8) is 0 Å². The number of benzene rings is 1. The number of nitrogens with one attached hydrogen (secondary N) is 4. The molecule has 0 saturated heterocycles.